The average Bonchev–Trinajstić information content (AvgIpc) is 2.92. The molecule has 0 bridgehead atoms. The molecule has 0 fully saturated rings. The number of allylic oxidation sites excluding steroid dienone is 2. The molecule has 0 radical (unpaired) electrons. The van der Waals surface area contributed by atoms with Crippen molar-refractivity contribution in [1.82, 2.24) is 0 Å². The Kier molecular flexibility index (Phi) is 4.93. The summed E-state index contributed by atoms with van der Waals surface area (Å²) in [6, 6.07) is 7.46. The number of anilines is 1. The maximum Gasteiger partial charge on any atom is 0.306 e. The first-order chi connectivity index (χ1) is 9.63. The van der Waals surface area contributed by atoms with Crippen molar-refractivity contribution in [2.45, 2.75) is 26.2 Å². The molecule has 1 aliphatic rings. The molecule has 0 aliphatic heterocycles. The second-order valence-corrected chi connectivity index (χ2v) is 5.04. The monoisotopic (exact) mass is 273 g/mol. The van der Waals surface area contributed by atoms with Gasteiger partial charge in [0.05, 0.1) is 6.42 Å². The van der Waals surface area contributed by atoms with Gasteiger partial charge in [0.2, 0.25) is 0 Å². The number of rotatable bonds is 5. The van der Waals surface area contributed by atoms with Gasteiger partial charge in [-0.25, -0.2) is 0 Å². The van der Waals surface area contributed by atoms with Crippen LogP contribution in [0.1, 0.15) is 24.8 Å². The summed E-state index contributed by atoms with van der Waals surface area (Å²) in [7, 11) is 0. The smallest absolute Gasteiger partial charge is 0.306 e. The van der Waals surface area contributed by atoms with E-state index < -0.39 is 0 Å². The zero-order chi connectivity index (χ0) is 14.4. The second-order valence-electron chi connectivity index (χ2n) is 5.04. The third-order valence-electron chi connectivity index (χ3n) is 3.24. The van der Waals surface area contributed by atoms with Crippen LogP contribution in [0.25, 0.3) is 0 Å². The number of hydrogen-bond donors (Lipinski definition) is 1. The summed E-state index contributed by atoms with van der Waals surface area (Å²) >= 11 is 0. The molecule has 4 heteroatoms. The molecule has 1 aliphatic carbocycles. The maximum absolute atomic E-state index is 11.6. The van der Waals surface area contributed by atoms with Crippen LogP contribution in [0.3, 0.4) is 0 Å². The fourth-order valence-electron chi connectivity index (χ4n) is 2.12. The molecular weight excluding hydrogens is 254 g/mol. The van der Waals surface area contributed by atoms with Crippen LogP contribution in [0.2, 0.25) is 0 Å². The molecule has 1 N–H and O–H groups in total. The standard InChI is InChI=1S/C16H19NO3/c1-12-6-8-14(9-7-12)17-15(18)11-20-16(19)10-13-4-2-3-5-13/h2,4,6-9,13H,3,5,10-11H2,1H3,(H,17,18). The second kappa shape index (κ2) is 6.89. The van der Waals surface area contributed by atoms with Crippen LogP contribution in [0.15, 0.2) is 36.4 Å². The summed E-state index contributed by atoms with van der Waals surface area (Å²) in [6.45, 7) is 1.74. The topological polar surface area (TPSA) is 55.4 Å². The van der Waals surface area contributed by atoms with E-state index in [1.54, 1.807) is 0 Å². The van der Waals surface area contributed by atoms with E-state index in [9.17, 15) is 9.59 Å². The van der Waals surface area contributed by atoms with E-state index in [-0.39, 0.29) is 24.4 Å². The Morgan fingerprint density at radius 2 is 2.05 bits per heavy atom. The average molecular weight is 273 g/mol. The van der Waals surface area contributed by atoms with Gasteiger partial charge in [0, 0.05) is 5.69 Å². The molecule has 1 aromatic carbocycles. The van der Waals surface area contributed by atoms with E-state index in [1.807, 2.05) is 37.3 Å². The van der Waals surface area contributed by atoms with Gasteiger partial charge in [-0.2, -0.15) is 0 Å². The highest BCUT2D eigenvalue weighted by molar-refractivity contribution is 5.92. The molecular formula is C16H19NO3. The van der Waals surface area contributed by atoms with Crippen molar-refractivity contribution in [3.63, 3.8) is 0 Å². The molecule has 1 atom stereocenters. The lowest BCUT2D eigenvalue weighted by atomic mass is 10.1. The van der Waals surface area contributed by atoms with Gasteiger partial charge in [0.1, 0.15) is 0 Å². The zero-order valence-corrected chi connectivity index (χ0v) is 11.6. The highest BCUT2D eigenvalue weighted by Crippen LogP contribution is 2.20. The number of ether oxygens (including phenoxy) is 1. The minimum absolute atomic E-state index is 0.233. The molecule has 4 nitrogen and oxygen atoms in total. The normalized spacial score (nSPS) is 16.9. The summed E-state index contributed by atoms with van der Waals surface area (Å²) < 4.78 is 4.98. The number of esters is 1. The third kappa shape index (κ3) is 4.53. The predicted octanol–water partition coefficient (Wildman–Crippen LogP) is 2.83. The Morgan fingerprint density at radius 3 is 2.70 bits per heavy atom. The van der Waals surface area contributed by atoms with Crippen LogP contribution in [0.5, 0.6) is 0 Å². The van der Waals surface area contributed by atoms with Crippen molar-refractivity contribution in [1.29, 1.82) is 0 Å². The van der Waals surface area contributed by atoms with Crippen molar-refractivity contribution in [3.8, 4) is 0 Å². The molecule has 1 unspecified atom stereocenters. The lowest BCUT2D eigenvalue weighted by Gasteiger charge is -2.09. The first-order valence-corrected chi connectivity index (χ1v) is 6.82. The van der Waals surface area contributed by atoms with Gasteiger partial charge in [0.25, 0.3) is 5.91 Å². The van der Waals surface area contributed by atoms with E-state index >= 15 is 0 Å². The first-order valence-electron chi connectivity index (χ1n) is 6.82. The lowest BCUT2D eigenvalue weighted by molar-refractivity contribution is -0.147. The molecule has 106 valence electrons. The summed E-state index contributed by atoms with van der Waals surface area (Å²) in [5, 5.41) is 2.69. The van der Waals surface area contributed by atoms with E-state index in [0.717, 1.165) is 18.4 Å². The van der Waals surface area contributed by atoms with Crippen molar-refractivity contribution in [2.24, 2.45) is 5.92 Å². The number of carbonyl (C=O) groups excluding carboxylic acids is 2. The van der Waals surface area contributed by atoms with Crippen LogP contribution < -0.4 is 5.32 Å². The molecule has 2 rings (SSSR count). The summed E-state index contributed by atoms with van der Waals surface area (Å²) in [5.41, 5.74) is 1.83. The van der Waals surface area contributed by atoms with Crippen molar-refractivity contribution in [3.05, 3.63) is 42.0 Å². The van der Waals surface area contributed by atoms with Crippen molar-refractivity contribution in [2.75, 3.05) is 11.9 Å². The third-order valence-corrected chi connectivity index (χ3v) is 3.24. The van der Waals surface area contributed by atoms with Gasteiger partial charge in [-0.05, 0) is 37.8 Å². The van der Waals surface area contributed by atoms with E-state index in [0.29, 0.717) is 12.1 Å². The van der Waals surface area contributed by atoms with Crippen LogP contribution in [0.4, 0.5) is 5.69 Å². The van der Waals surface area contributed by atoms with Crippen molar-refractivity contribution >= 4 is 17.6 Å². The van der Waals surface area contributed by atoms with Gasteiger partial charge in [0.15, 0.2) is 6.61 Å². The Labute approximate surface area is 118 Å². The van der Waals surface area contributed by atoms with Gasteiger partial charge >= 0.3 is 5.97 Å². The number of benzene rings is 1. The van der Waals surface area contributed by atoms with Crippen LogP contribution in [-0.4, -0.2) is 18.5 Å². The zero-order valence-electron chi connectivity index (χ0n) is 11.6. The Hall–Kier alpha value is -2.10. The van der Waals surface area contributed by atoms with Crippen LogP contribution >= 0.6 is 0 Å². The van der Waals surface area contributed by atoms with E-state index in [1.165, 1.54) is 0 Å². The maximum atomic E-state index is 11.6. The van der Waals surface area contributed by atoms with Crippen LogP contribution in [0, 0.1) is 12.8 Å². The lowest BCUT2D eigenvalue weighted by Crippen LogP contribution is -2.21. The molecule has 0 aromatic heterocycles. The Morgan fingerprint density at radius 1 is 1.30 bits per heavy atom. The quantitative estimate of drug-likeness (QED) is 0.663. The number of carbonyl (C=O) groups is 2. The fourth-order valence-corrected chi connectivity index (χ4v) is 2.12. The Balaban J connectivity index is 1.70. The van der Waals surface area contributed by atoms with Gasteiger partial charge < -0.3 is 10.1 Å². The number of nitrogens with one attached hydrogen (secondary N) is 1. The SMILES string of the molecule is Cc1ccc(NC(=O)COC(=O)CC2C=CCC2)cc1. The highest BCUT2D eigenvalue weighted by atomic mass is 16.5. The number of hydrogen-bond acceptors (Lipinski definition) is 3. The fraction of sp³-hybridized carbons (Fsp3) is 0.375. The summed E-state index contributed by atoms with van der Waals surface area (Å²) in [6.07, 6.45) is 6.47. The molecule has 0 saturated heterocycles. The summed E-state index contributed by atoms with van der Waals surface area (Å²) in [4.78, 5) is 23.2. The minimum Gasteiger partial charge on any atom is -0.456 e. The molecule has 1 aromatic rings. The molecule has 0 heterocycles. The molecule has 0 spiro atoms. The summed E-state index contributed by atoms with van der Waals surface area (Å²) in [5.74, 6) is -0.368. The predicted molar refractivity (Wildman–Crippen MR) is 77.2 cm³/mol. The van der Waals surface area contributed by atoms with Gasteiger partial charge in [-0.15, -0.1) is 0 Å². The van der Waals surface area contributed by atoms with Crippen LogP contribution in [-0.2, 0) is 14.3 Å². The molecule has 20 heavy (non-hydrogen) atoms. The van der Waals surface area contributed by atoms with E-state index in [4.69, 9.17) is 4.74 Å². The number of amides is 1. The molecule has 0 saturated carbocycles. The van der Waals surface area contributed by atoms with Gasteiger partial charge in [-0.3, -0.25) is 9.59 Å². The largest absolute Gasteiger partial charge is 0.456 e. The Bertz CT molecular complexity index is 505. The highest BCUT2D eigenvalue weighted by Gasteiger charge is 2.15. The number of aryl methyl sites for hydroxylation is 1. The first kappa shape index (κ1) is 14.3. The van der Waals surface area contributed by atoms with Gasteiger partial charge in [-0.1, -0.05) is 29.8 Å². The van der Waals surface area contributed by atoms with E-state index in [2.05, 4.69) is 11.4 Å². The minimum atomic E-state index is -0.319. The van der Waals surface area contributed by atoms with Crippen molar-refractivity contribution < 1.29 is 14.3 Å². The molecule has 1 amide bonds.